The van der Waals surface area contributed by atoms with E-state index in [-0.39, 0.29) is 5.69 Å². The molecule has 1 N–H and O–H groups in total. The van der Waals surface area contributed by atoms with Gasteiger partial charge in [-0.2, -0.15) is 0 Å². The highest BCUT2D eigenvalue weighted by Crippen LogP contribution is 2.23. The van der Waals surface area contributed by atoms with Crippen LogP contribution in [0.3, 0.4) is 0 Å². The largest absolute Gasteiger partial charge is 0.330 e. The van der Waals surface area contributed by atoms with Gasteiger partial charge in [0.1, 0.15) is 0 Å². The highest BCUT2D eigenvalue weighted by molar-refractivity contribution is 7.71. The Bertz CT molecular complexity index is 821. The predicted octanol–water partition coefficient (Wildman–Crippen LogP) is 3.60. The summed E-state index contributed by atoms with van der Waals surface area (Å²) in [5, 5.41) is 10.8. The lowest BCUT2D eigenvalue weighted by atomic mass is 10.2. The number of nitro benzene ring substituents is 1. The molecule has 94 valence electrons. The van der Waals surface area contributed by atoms with E-state index in [1.165, 1.54) is 12.1 Å². The minimum Gasteiger partial charge on any atom is -0.330 e. The number of aromatic nitrogens is 2. The Hall–Kier alpha value is -2.47. The van der Waals surface area contributed by atoms with Crippen molar-refractivity contribution in [3.05, 3.63) is 63.4 Å². The van der Waals surface area contributed by atoms with Crippen LogP contribution in [0.4, 0.5) is 5.69 Å². The van der Waals surface area contributed by atoms with Crippen LogP contribution < -0.4 is 0 Å². The second-order valence-corrected chi connectivity index (χ2v) is 4.45. The molecule has 0 spiro atoms. The van der Waals surface area contributed by atoms with Crippen molar-refractivity contribution in [1.29, 1.82) is 0 Å². The number of rotatable bonds is 2. The van der Waals surface area contributed by atoms with Crippen molar-refractivity contribution >= 4 is 28.9 Å². The van der Waals surface area contributed by atoms with E-state index >= 15 is 0 Å². The molecule has 0 bridgehead atoms. The Labute approximate surface area is 113 Å². The zero-order chi connectivity index (χ0) is 13.4. The van der Waals surface area contributed by atoms with E-state index < -0.39 is 4.92 Å². The molecule has 19 heavy (non-hydrogen) atoms. The Morgan fingerprint density at radius 1 is 1.16 bits per heavy atom. The summed E-state index contributed by atoms with van der Waals surface area (Å²) in [5.74, 6) is 0. The first-order chi connectivity index (χ1) is 9.16. The lowest BCUT2D eigenvalue weighted by molar-refractivity contribution is -0.384. The van der Waals surface area contributed by atoms with Crippen LogP contribution in [0.5, 0.6) is 0 Å². The molecular formula is C13H9N3O2S. The highest BCUT2D eigenvalue weighted by Gasteiger charge is 2.11. The van der Waals surface area contributed by atoms with E-state index in [4.69, 9.17) is 12.2 Å². The molecule has 1 heterocycles. The van der Waals surface area contributed by atoms with Crippen LogP contribution in [-0.4, -0.2) is 14.5 Å². The number of fused-ring (bicyclic) bond motifs is 1. The number of imidazole rings is 1. The minimum atomic E-state index is -0.420. The molecule has 0 fully saturated rings. The number of aromatic amines is 1. The topological polar surface area (TPSA) is 63.9 Å². The number of nitro groups is 1. The number of non-ortho nitro benzene ring substituents is 1. The lowest BCUT2D eigenvalue weighted by Gasteiger charge is -2.03. The van der Waals surface area contributed by atoms with E-state index in [9.17, 15) is 10.1 Å². The molecule has 0 unspecified atom stereocenters. The van der Waals surface area contributed by atoms with Gasteiger partial charge in [-0.3, -0.25) is 14.7 Å². The molecule has 0 atom stereocenters. The van der Waals surface area contributed by atoms with Gasteiger partial charge in [-0.1, -0.05) is 18.2 Å². The molecule has 0 aliphatic heterocycles. The number of benzene rings is 2. The normalized spacial score (nSPS) is 10.7. The van der Waals surface area contributed by atoms with Gasteiger partial charge in [-0.25, -0.2) is 0 Å². The predicted molar refractivity (Wildman–Crippen MR) is 75.1 cm³/mol. The van der Waals surface area contributed by atoms with E-state index in [1.807, 2.05) is 34.9 Å². The van der Waals surface area contributed by atoms with E-state index in [1.54, 1.807) is 6.07 Å². The second-order valence-electron chi connectivity index (χ2n) is 4.06. The van der Waals surface area contributed by atoms with Gasteiger partial charge in [0, 0.05) is 17.8 Å². The summed E-state index contributed by atoms with van der Waals surface area (Å²) in [4.78, 5) is 13.3. The van der Waals surface area contributed by atoms with Crippen molar-refractivity contribution in [2.24, 2.45) is 0 Å². The van der Waals surface area contributed by atoms with Crippen LogP contribution in [0.1, 0.15) is 0 Å². The Kier molecular flexibility index (Phi) is 2.64. The number of hydrogen-bond acceptors (Lipinski definition) is 3. The van der Waals surface area contributed by atoms with Gasteiger partial charge in [0.05, 0.1) is 16.0 Å². The number of hydrogen-bond donors (Lipinski definition) is 1. The summed E-state index contributed by atoms with van der Waals surface area (Å²) in [5.41, 5.74) is 2.45. The Morgan fingerprint density at radius 2 is 1.89 bits per heavy atom. The minimum absolute atomic E-state index is 0.0453. The van der Waals surface area contributed by atoms with Crippen LogP contribution >= 0.6 is 12.2 Å². The van der Waals surface area contributed by atoms with Crippen LogP contribution in [-0.2, 0) is 0 Å². The van der Waals surface area contributed by atoms with Gasteiger partial charge in [0.15, 0.2) is 4.77 Å². The van der Waals surface area contributed by atoms with Crippen molar-refractivity contribution in [3.63, 3.8) is 0 Å². The summed E-state index contributed by atoms with van der Waals surface area (Å²) >= 11 is 5.28. The van der Waals surface area contributed by atoms with Gasteiger partial charge in [-0.05, 0) is 30.4 Å². The monoisotopic (exact) mass is 271 g/mol. The quantitative estimate of drug-likeness (QED) is 0.440. The van der Waals surface area contributed by atoms with Crippen LogP contribution in [0.2, 0.25) is 0 Å². The highest BCUT2D eigenvalue weighted by atomic mass is 32.1. The third-order valence-electron chi connectivity index (χ3n) is 2.89. The van der Waals surface area contributed by atoms with Gasteiger partial charge in [-0.15, -0.1) is 0 Å². The number of H-pyrrole nitrogens is 1. The SMILES string of the molecule is O=[N+]([O-])c1ccc2c(c1)[nH]c(=S)n2-c1ccccc1. The number of nitrogens with one attached hydrogen (secondary N) is 1. The van der Waals surface area contributed by atoms with E-state index in [2.05, 4.69) is 4.98 Å². The molecule has 2 aromatic carbocycles. The van der Waals surface area contributed by atoms with Gasteiger partial charge < -0.3 is 4.98 Å². The fourth-order valence-corrected chi connectivity index (χ4v) is 2.36. The smallest absolute Gasteiger partial charge is 0.271 e. The Morgan fingerprint density at radius 3 is 2.58 bits per heavy atom. The first-order valence-corrected chi connectivity index (χ1v) is 6.02. The third kappa shape index (κ3) is 1.92. The van der Waals surface area contributed by atoms with Gasteiger partial charge in [0.2, 0.25) is 0 Å². The molecule has 3 rings (SSSR count). The lowest BCUT2D eigenvalue weighted by Crippen LogP contribution is -1.93. The molecule has 5 nitrogen and oxygen atoms in total. The fourth-order valence-electron chi connectivity index (χ4n) is 2.05. The van der Waals surface area contributed by atoms with E-state index in [0.717, 1.165) is 11.2 Å². The van der Waals surface area contributed by atoms with Crippen molar-refractivity contribution < 1.29 is 4.92 Å². The first-order valence-electron chi connectivity index (χ1n) is 5.61. The molecule has 0 saturated carbocycles. The average Bonchev–Trinajstić information content (AvgIpc) is 2.74. The molecule has 3 aromatic rings. The molecule has 0 radical (unpaired) electrons. The molecular weight excluding hydrogens is 262 g/mol. The third-order valence-corrected chi connectivity index (χ3v) is 3.18. The molecule has 0 saturated heterocycles. The van der Waals surface area contributed by atoms with E-state index in [0.29, 0.717) is 10.3 Å². The van der Waals surface area contributed by atoms with Crippen molar-refractivity contribution in [2.75, 3.05) is 0 Å². The summed E-state index contributed by atoms with van der Waals surface area (Å²) in [6.45, 7) is 0. The van der Waals surface area contributed by atoms with Gasteiger partial charge in [0.25, 0.3) is 5.69 Å². The van der Waals surface area contributed by atoms with Crippen molar-refractivity contribution in [3.8, 4) is 5.69 Å². The molecule has 0 aliphatic carbocycles. The zero-order valence-electron chi connectivity index (χ0n) is 9.74. The first kappa shape index (κ1) is 11.6. The fraction of sp³-hybridized carbons (Fsp3) is 0. The van der Waals surface area contributed by atoms with Crippen molar-refractivity contribution in [2.45, 2.75) is 0 Å². The summed E-state index contributed by atoms with van der Waals surface area (Å²) < 4.78 is 2.37. The molecule has 0 amide bonds. The molecule has 1 aromatic heterocycles. The van der Waals surface area contributed by atoms with Crippen molar-refractivity contribution in [1.82, 2.24) is 9.55 Å². The van der Waals surface area contributed by atoms with Gasteiger partial charge >= 0.3 is 0 Å². The Balaban J connectivity index is 2.30. The van der Waals surface area contributed by atoms with Crippen LogP contribution in [0.15, 0.2) is 48.5 Å². The maximum atomic E-state index is 10.8. The summed E-state index contributed by atoms with van der Waals surface area (Å²) in [7, 11) is 0. The molecule has 6 heteroatoms. The summed E-state index contributed by atoms with van der Waals surface area (Å²) in [6, 6.07) is 14.3. The maximum absolute atomic E-state index is 10.8. The zero-order valence-corrected chi connectivity index (χ0v) is 10.6. The molecule has 0 aliphatic rings. The average molecular weight is 271 g/mol. The second kappa shape index (κ2) is 4.33. The van der Waals surface area contributed by atoms with Crippen LogP contribution in [0, 0.1) is 14.9 Å². The van der Waals surface area contributed by atoms with Crippen LogP contribution in [0.25, 0.3) is 16.7 Å². The number of nitrogens with zero attached hydrogens (tertiary/aromatic N) is 2. The maximum Gasteiger partial charge on any atom is 0.271 e. The number of para-hydroxylation sites is 1. The summed E-state index contributed by atoms with van der Waals surface area (Å²) in [6.07, 6.45) is 0. The standard InChI is InChI=1S/C13H9N3O2S/c17-16(18)10-6-7-12-11(8-10)14-13(19)15(12)9-4-2-1-3-5-9/h1-8H,(H,14,19).